The fraction of sp³-hybridized carbons (Fsp3) is 0.125. The lowest BCUT2D eigenvalue weighted by Crippen LogP contribution is -2.37. The summed E-state index contributed by atoms with van der Waals surface area (Å²) in [5, 5.41) is 11.1. The van der Waals surface area contributed by atoms with Gasteiger partial charge in [-0.1, -0.05) is 17.7 Å². The average Bonchev–Trinajstić information content (AvgIpc) is 2.54. The molecule has 1 amide bonds. The molecule has 25 heavy (non-hydrogen) atoms. The molecule has 0 spiro atoms. The summed E-state index contributed by atoms with van der Waals surface area (Å²) in [6.07, 6.45) is 0.924. The van der Waals surface area contributed by atoms with E-state index < -0.39 is 28.3 Å². The molecule has 0 saturated carbocycles. The van der Waals surface area contributed by atoms with Gasteiger partial charge in [0.15, 0.2) is 0 Å². The summed E-state index contributed by atoms with van der Waals surface area (Å²) in [4.78, 5) is 12.2. The highest BCUT2D eigenvalue weighted by molar-refractivity contribution is 7.92. The average molecular weight is 382 g/mol. The van der Waals surface area contributed by atoms with E-state index >= 15 is 0 Å². The van der Waals surface area contributed by atoms with E-state index in [1.165, 1.54) is 12.1 Å². The number of hydrogen-bond acceptors (Lipinski definition) is 4. The minimum atomic E-state index is -3.81. The van der Waals surface area contributed by atoms with Crippen LogP contribution < -0.4 is 9.62 Å². The number of hydrogen-bond donors (Lipinski definition) is 1. The molecule has 2 rings (SSSR count). The van der Waals surface area contributed by atoms with Crippen LogP contribution in [0.25, 0.3) is 0 Å². The van der Waals surface area contributed by atoms with E-state index in [0.717, 1.165) is 22.7 Å². The third-order valence-corrected chi connectivity index (χ3v) is 4.58. The van der Waals surface area contributed by atoms with Crippen LogP contribution >= 0.6 is 11.6 Å². The Morgan fingerprint density at radius 1 is 1.32 bits per heavy atom. The molecule has 0 unspecified atom stereocenters. The van der Waals surface area contributed by atoms with E-state index in [1.807, 2.05) is 6.07 Å². The number of amides is 1. The Morgan fingerprint density at radius 2 is 2.04 bits per heavy atom. The normalized spacial score (nSPS) is 10.8. The van der Waals surface area contributed by atoms with Gasteiger partial charge in [-0.05, 0) is 36.4 Å². The SMILES string of the molecule is CS(=O)(=O)N(CC(=O)Nc1cccc(C#N)c1)c1ccc(F)c(Cl)c1. The minimum Gasteiger partial charge on any atom is -0.324 e. The summed E-state index contributed by atoms with van der Waals surface area (Å²) in [7, 11) is -3.81. The number of sulfonamides is 1. The Morgan fingerprint density at radius 3 is 2.64 bits per heavy atom. The van der Waals surface area contributed by atoms with Gasteiger partial charge in [-0.15, -0.1) is 0 Å². The zero-order valence-corrected chi connectivity index (χ0v) is 14.6. The van der Waals surface area contributed by atoms with Gasteiger partial charge in [-0.2, -0.15) is 5.26 Å². The van der Waals surface area contributed by atoms with E-state index in [0.29, 0.717) is 11.3 Å². The van der Waals surface area contributed by atoms with Crippen LogP contribution in [0.15, 0.2) is 42.5 Å². The quantitative estimate of drug-likeness (QED) is 0.862. The maximum absolute atomic E-state index is 13.3. The molecule has 0 saturated heterocycles. The summed E-state index contributed by atoms with van der Waals surface area (Å²) in [6.45, 7) is -0.530. The number of halogens is 2. The van der Waals surface area contributed by atoms with Crippen molar-refractivity contribution in [3.63, 3.8) is 0 Å². The maximum Gasteiger partial charge on any atom is 0.245 e. The second kappa shape index (κ2) is 7.51. The predicted octanol–water partition coefficient (Wildman–Crippen LogP) is 2.76. The van der Waals surface area contributed by atoms with E-state index in [4.69, 9.17) is 16.9 Å². The standard InChI is InChI=1S/C16H13ClFN3O3S/c1-25(23,24)21(13-5-6-15(18)14(17)8-13)10-16(22)20-12-4-2-3-11(7-12)9-19/h2-8H,10H2,1H3,(H,20,22). The molecule has 0 bridgehead atoms. The zero-order chi connectivity index (χ0) is 18.6. The number of nitrogens with zero attached hydrogens (tertiary/aromatic N) is 2. The number of carbonyl (C=O) groups is 1. The number of anilines is 2. The van der Waals surface area contributed by atoms with Crippen molar-refractivity contribution in [2.45, 2.75) is 0 Å². The van der Waals surface area contributed by atoms with Gasteiger partial charge < -0.3 is 5.32 Å². The first kappa shape index (κ1) is 18.7. The molecule has 2 aromatic rings. The molecule has 0 radical (unpaired) electrons. The summed E-state index contributed by atoms with van der Waals surface area (Å²) in [6, 6.07) is 11.5. The Kier molecular flexibility index (Phi) is 5.62. The summed E-state index contributed by atoms with van der Waals surface area (Å²) >= 11 is 5.68. The Hall–Kier alpha value is -2.63. The Balaban J connectivity index is 2.24. The van der Waals surface area contributed by atoms with Gasteiger partial charge in [0.2, 0.25) is 15.9 Å². The molecule has 0 aliphatic heterocycles. The molecule has 6 nitrogen and oxygen atoms in total. The lowest BCUT2D eigenvalue weighted by Gasteiger charge is -2.22. The first-order chi connectivity index (χ1) is 11.7. The highest BCUT2D eigenvalue weighted by Gasteiger charge is 2.22. The number of nitrogens with one attached hydrogen (secondary N) is 1. The van der Waals surface area contributed by atoms with E-state index in [1.54, 1.807) is 18.2 Å². The van der Waals surface area contributed by atoms with E-state index in [-0.39, 0.29) is 10.7 Å². The summed E-state index contributed by atoms with van der Waals surface area (Å²) in [5.74, 6) is -1.32. The number of rotatable bonds is 5. The fourth-order valence-electron chi connectivity index (χ4n) is 2.04. The van der Waals surface area contributed by atoms with Crippen molar-refractivity contribution in [2.75, 3.05) is 22.4 Å². The topological polar surface area (TPSA) is 90.3 Å². The second-order valence-electron chi connectivity index (χ2n) is 5.11. The van der Waals surface area contributed by atoms with Gasteiger partial charge in [0.1, 0.15) is 12.4 Å². The van der Waals surface area contributed by atoms with Crippen molar-refractivity contribution in [3.8, 4) is 6.07 Å². The fourth-order valence-corrected chi connectivity index (χ4v) is 3.06. The Bertz CT molecular complexity index is 957. The minimum absolute atomic E-state index is 0.0647. The van der Waals surface area contributed by atoms with Crippen molar-refractivity contribution in [2.24, 2.45) is 0 Å². The number of carbonyl (C=O) groups excluding carboxylic acids is 1. The van der Waals surface area contributed by atoms with E-state index in [2.05, 4.69) is 5.32 Å². The highest BCUT2D eigenvalue weighted by atomic mass is 35.5. The molecule has 1 N–H and O–H groups in total. The van der Waals surface area contributed by atoms with Crippen molar-refractivity contribution in [1.82, 2.24) is 0 Å². The molecule has 130 valence electrons. The van der Waals surface area contributed by atoms with Crippen LogP contribution in [0.1, 0.15) is 5.56 Å². The van der Waals surface area contributed by atoms with Gasteiger partial charge in [-0.3, -0.25) is 9.10 Å². The van der Waals surface area contributed by atoms with Crippen molar-refractivity contribution in [1.29, 1.82) is 5.26 Å². The number of nitriles is 1. The molecule has 0 aliphatic carbocycles. The van der Waals surface area contributed by atoms with E-state index in [9.17, 15) is 17.6 Å². The van der Waals surface area contributed by atoms with Gasteiger partial charge in [0, 0.05) is 5.69 Å². The zero-order valence-electron chi connectivity index (χ0n) is 13.0. The van der Waals surface area contributed by atoms with Crippen LogP contribution in [0.2, 0.25) is 5.02 Å². The third-order valence-electron chi connectivity index (χ3n) is 3.15. The Labute approximate surface area is 149 Å². The van der Waals surface area contributed by atoms with Crippen molar-refractivity contribution in [3.05, 3.63) is 58.9 Å². The molecule has 0 fully saturated rings. The molecular formula is C16H13ClFN3O3S. The van der Waals surface area contributed by atoms with Crippen LogP contribution in [0.3, 0.4) is 0 Å². The monoisotopic (exact) mass is 381 g/mol. The van der Waals surface area contributed by atoms with Crippen LogP contribution in [0.5, 0.6) is 0 Å². The highest BCUT2D eigenvalue weighted by Crippen LogP contribution is 2.24. The molecular weight excluding hydrogens is 369 g/mol. The van der Waals surface area contributed by atoms with Gasteiger partial charge in [0.25, 0.3) is 0 Å². The lowest BCUT2D eigenvalue weighted by molar-refractivity contribution is -0.114. The number of benzene rings is 2. The largest absolute Gasteiger partial charge is 0.324 e. The molecule has 0 aromatic heterocycles. The van der Waals surface area contributed by atoms with Crippen molar-refractivity contribution < 1.29 is 17.6 Å². The van der Waals surface area contributed by atoms with Gasteiger partial charge in [0.05, 0.1) is 28.6 Å². The molecule has 2 aromatic carbocycles. The van der Waals surface area contributed by atoms with Crippen LogP contribution in [-0.4, -0.2) is 27.1 Å². The van der Waals surface area contributed by atoms with Crippen LogP contribution in [0, 0.1) is 17.1 Å². The first-order valence-corrected chi connectivity index (χ1v) is 9.16. The summed E-state index contributed by atoms with van der Waals surface area (Å²) < 4.78 is 38.0. The molecule has 9 heteroatoms. The summed E-state index contributed by atoms with van der Waals surface area (Å²) in [5.41, 5.74) is 0.771. The van der Waals surface area contributed by atoms with Crippen LogP contribution in [-0.2, 0) is 14.8 Å². The van der Waals surface area contributed by atoms with Crippen LogP contribution in [0.4, 0.5) is 15.8 Å². The third kappa shape index (κ3) is 4.92. The first-order valence-electron chi connectivity index (χ1n) is 6.93. The lowest BCUT2D eigenvalue weighted by atomic mass is 10.2. The van der Waals surface area contributed by atoms with Gasteiger partial charge in [-0.25, -0.2) is 12.8 Å². The second-order valence-corrected chi connectivity index (χ2v) is 7.42. The smallest absolute Gasteiger partial charge is 0.245 e. The van der Waals surface area contributed by atoms with Gasteiger partial charge >= 0.3 is 0 Å². The molecule has 0 heterocycles. The maximum atomic E-state index is 13.3. The molecule has 0 atom stereocenters. The predicted molar refractivity (Wildman–Crippen MR) is 93.4 cm³/mol. The van der Waals surface area contributed by atoms with Crippen molar-refractivity contribution >= 4 is 38.9 Å². The molecule has 0 aliphatic rings.